The van der Waals surface area contributed by atoms with Crippen molar-refractivity contribution >= 4 is 34.3 Å². The Morgan fingerprint density at radius 2 is 1.68 bits per heavy atom. The van der Waals surface area contributed by atoms with E-state index in [0.717, 1.165) is 7.11 Å². The third-order valence-electron chi connectivity index (χ3n) is 5.90. The van der Waals surface area contributed by atoms with Crippen LogP contribution in [0, 0.1) is 0 Å². The van der Waals surface area contributed by atoms with Gasteiger partial charge in [0.25, 0.3) is 5.56 Å². The highest BCUT2D eigenvalue weighted by atomic mass is 19.4. The van der Waals surface area contributed by atoms with E-state index in [-0.39, 0.29) is 54.7 Å². The average Bonchev–Trinajstić information content (AvgIpc) is 2.82. The van der Waals surface area contributed by atoms with Crippen LogP contribution in [0.2, 0.25) is 0 Å². The molecule has 0 radical (unpaired) electrons. The Hall–Kier alpha value is -3.88. The molecule has 2 aromatic heterocycles. The van der Waals surface area contributed by atoms with Crippen LogP contribution in [0.3, 0.4) is 0 Å². The summed E-state index contributed by atoms with van der Waals surface area (Å²) in [5.74, 6) is -1.16. The van der Waals surface area contributed by atoms with Crippen molar-refractivity contribution in [2.45, 2.75) is 30.8 Å². The maximum atomic E-state index is 13.3. The molecule has 0 bridgehead atoms. The molecule has 0 saturated carbocycles. The first kappa shape index (κ1) is 26.2. The van der Waals surface area contributed by atoms with E-state index in [9.17, 15) is 41.0 Å². The van der Waals surface area contributed by atoms with E-state index in [1.54, 1.807) is 4.90 Å². The Morgan fingerprint density at radius 3 is 2.22 bits per heavy atom. The number of pyridine rings is 1. The second-order valence-electron chi connectivity index (χ2n) is 8.37. The Morgan fingerprint density at radius 1 is 1.08 bits per heavy atom. The molecule has 0 unspecified atom stereocenters. The third kappa shape index (κ3) is 5.30. The van der Waals surface area contributed by atoms with Crippen LogP contribution in [0.5, 0.6) is 0 Å². The van der Waals surface area contributed by atoms with Crippen molar-refractivity contribution in [1.29, 1.82) is 0 Å². The molecule has 0 spiro atoms. The van der Waals surface area contributed by atoms with Gasteiger partial charge in [-0.1, -0.05) is 0 Å². The number of aliphatic hydroxyl groups is 1. The number of methoxy groups -OCH3 is 1. The second-order valence-corrected chi connectivity index (χ2v) is 8.37. The van der Waals surface area contributed by atoms with Gasteiger partial charge in [0.15, 0.2) is 5.60 Å². The Balaban J connectivity index is 1.77. The van der Waals surface area contributed by atoms with Gasteiger partial charge in [0.05, 0.1) is 23.8 Å². The van der Waals surface area contributed by atoms with E-state index in [1.807, 2.05) is 0 Å². The Labute approximate surface area is 204 Å². The number of ether oxygens (including phenoxy) is 1. The molecular formula is C22H19F6N5O4. The molecule has 0 aliphatic carbocycles. The predicted molar refractivity (Wildman–Crippen MR) is 118 cm³/mol. The van der Waals surface area contributed by atoms with Crippen LogP contribution in [0.1, 0.15) is 24.0 Å². The number of alkyl halides is 6. The summed E-state index contributed by atoms with van der Waals surface area (Å²) in [4.78, 5) is 36.8. The van der Waals surface area contributed by atoms with Crippen molar-refractivity contribution in [3.8, 4) is 0 Å². The first-order valence-electron chi connectivity index (χ1n) is 10.7. The summed E-state index contributed by atoms with van der Waals surface area (Å²) in [5.41, 5.74) is -6.09. The number of anilines is 3. The number of rotatable bonds is 4. The van der Waals surface area contributed by atoms with E-state index < -0.39 is 46.3 Å². The van der Waals surface area contributed by atoms with Crippen molar-refractivity contribution < 1.29 is 41.0 Å². The number of nitrogens with zero attached hydrogens (tertiary/aromatic N) is 3. The highest BCUT2D eigenvalue weighted by molar-refractivity contribution is 5.91. The number of nitrogens with one attached hydrogen (secondary N) is 2. The number of hydrogen-bond donors (Lipinski definition) is 3. The fourth-order valence-corrected chi connectivity index (χ4v) is 3.95. The SMILES string of the molecule is COC(=O)C1(O)CCN(c2nc(Nc3cc(C(F)(F)F)cc(C(F)(F)F)c3)c3c(=O)[nH]ccc3n2)CC1. The maximum Gasteiger partial charge on any atom is 0.416 e. The zero-order chi connectivity index (χ0) is 27.2. The lowest BCUT2D eigenvalue weighted by molar-refractivity contribution is -0.164. The molecule has 0 atom stereocenters. The fourth-order valence-electron chi connectivity index (χ4n) is 3.95. The van der Waals surface area contributed by atoms with Gasteiger partial charge in [-0.25, -0.2) is 9.78 Å². The molecule has 9 nitrogen and oxygen atoms in total. The highest BCUT2D eigenvalue weighted by Gasteiger charge is 2.41. The van der Waals surface area contributed by atoms with Gasteiger partial charge < -0.3 is 25.0 Å². The van der Waals surface area contributed by atoms with Crippen LogP contribution in [-0.2, 0) is 21.9 Å². The molecule has 4 rings (SSSR count). The Kier molecular flexibility index (Phi) is 6.52. The first-order chi connectivity index (χ1) is 17.2. The number of aromatic nitrogens is 3. The van der Waals surface area contributed by atoms with Crippen LogP contribution in [0.25, 0.3) is 10.9 Å². The van der Waals surface area contributed by atoms with Gasteiger partial charge in [-0.3, -0.25) is 4.79 Å². The average molecular weight is 531 g/mol. The minimum absolute atomic E-state index is 0.0162. The number of halogens is 6. The van der Waals surface area contributed by atoms with E-state index in [4.69, 9.17) is 0 Å². The third-order valence-corrected chi connectivity index (χ3v) is 5.90. The van der Waals surface area contributed by atoms with E-state index in [2.05, 4.69) is 25.0 Å². The quantitative estimate of drug-likeness (QED) is 0.345. The van der Waals surface area contributed by atoms with Gasteiger partial charge in [0.1, 0.15) is 11.2 Å². The molecule has 3 N–H and O–H groups in total. The number of benzene rings is 1. The molecule has 1 fully saturated rings. The number of carbonyl (C=O) groups excluding carboxylic acids is 1. The molecule has 1 aliphatic rings. The summed E-state index contributed by atoms with van der Waals surface area (Å²) >= 11 is 0. The first-order valence-corrected chi connectivity index (χ1v) is 10.7. The molecule has 1 saturated heterocycles. The summed E-state index contributed by atoms with van der Waals surface area (Å²) in [7, 11) is 1.13. The summed E-state index contributed by atoms with van der Waals surface area (Å²) in [5, 5.41) is 12.7. The number of hydrogen-bond acceptors (Lipinski definition) is 8. The smallest absolute Gasteiger partial charge is 0.416 e. The lowest BCUT2D eigenvalue weighted by atomic mass is 9.92. The van der Waals surface area contributed by atoms with Gasteiger partial charge in [-0.15, -0.1) is 0 Å². The molecule has 1 aliphatic heterocycles. The number of esters is 1. The Bertz CT molecular complexity index is 1360. The molecule has 3 heterocycles. The lowest BCUT2D eigenvalue weighted by Crippen LogP contribution is -2.50. The fraction of sp³-hybridized carbons (Fsp3) is 0.364. The maximum absolute atomic E-state index is 13.3. The molecule has 1 aromatic carbocycles. The van der Waals surface area contributed by atoms with Crippen molar-refractivity contribution in [2.75, 3.05) is 30.4 Å². The summed E-state index contributed by atoms with van der Waals surface area (Å²) in [6.07, 6.45) is -8.98. The zero-order valence-corrected chi connectivity index (χ0v) is 19.0. The summed E-state index contributed by atoms with van der Waals surface area (Å²) < 4.78 is 84.5. The van der Waals surface area contributed by atoms with Gasteiger partial charge in [0.2, 0.25) is 5.95 Å². The van der Waals surface area contributed by atoms with Crippen molar-refractivity contribution in [3.05, 3.63) is 51.9 Å². The van der Waals surface area contributed by atoms with Crippen molar-refractivity contribution in [1.82, 2.24) is 15.0 Å². The molecule has 198 valence electrons. The van der Waals surface area contributed by atoms with E-state index >= 15 is 0 Å². The van der Waals surface area contributed by atoms with Crippen molar-refractivity contribution in [3.63, 3.8) is 0 Å². The minimum atomic E-state index is -5.07. The van der Waals surface area contributed by atoms with Gasteiger partial charge in [0, 0.05) is 37.8 Å². The normalized spacial score (nSPS) is 16.1. The number of aromatic amines is 1. The van der Waals surface area contributed by atoms with E-state index in [0.29, 0.717) is 12.1 Å². The molecule has 37 heavy (non-hydrogen) atoms. The van der Waals surface area contributed by atoms with Gasteiger partial charge in [-0.05, 0) is 24.3 Å². The van der Waals surface area contributed by atoms with E-state index in [1.165, 1.54) is 12.3 Å². The van der Waals surface area contributed by atoms with Crippen LogP contribution in [0.15, 0.2) is 35.3 Å². The highest BCUT2D eigenvalue weighted by Crippen LogP contribution is 2.38. The standard InChI is InChI=1S/C22H19F6N5O4/c1-37-18(35)20(36)3-6-33(7-4-20)19-31-14-2-5-29-17(34)15(14)16(32-19)30-13-9-11(21(23,24)25)8-12(10-13)22(26,27)28/h2,5,8-10,36H,3-4,6-7H2,1H3,(H,29,34)(H,30,31,32). The lowest BCUT2D eigenvalue weighted by Gasteiger charge is -2.36. The molecule has 0 amide bonds. The van der Waals surface area contributed by atoms with Crippen LogP contribution in [-0.4, -0.2) is 51.8 Å². The number of carbonyl (C=O) groups is 1. The van der Waals surface area contributed by atoms with Crippen LogP contribution >= 0.6 is 0 Å². The molecule has 15 heteroatoms. The van der Waals surface area contributed by atoms with Crippen molar-refractivity contribution in [2.24, 2.45) is 0 Å². The summed E-state index contributed by atoms with van der Waals surface area (Å²) in [6, 6.07) is 2.31. The van der Waals surface area contributed by atoms with Crippen LogP contribution < -0.4 is 15.8 Å². The monoisotopic (exact) mass is 531 g/mol. The molecule has 3 aromatic rings. The number of piperidine rings is 1. The summed E-state index contributed by atoms with van der Waals surface area (Å²) in [6.45, 7) is 0.142. The number of H-pyrrole nitrogens is 1. The van der Waals surface area contributed by atoms with Crippen LogP contribution in [0.4, 0.5) is 43.8 Å². The van der Waals surface area contributed by atoms with Gasteiger partial charge in [-0.2, -0.15) is 31.3 Å². The van der Waals surface area contributed by atoms with Gasteiger partial charge >= 0.3 is 18.3 Å². The predicted octanol–water partition coefficient (Wildman–Crippen LogP) is 3.60. The molecular weight excluding hydrogens is 512 g/mol. The zero-order valence-electron chi connectivity index (χ0n) is 19.0. The second kappa shape index (κ2) is 9.21. The minimum Gasteiger partial charge on any atom is -0.467 e. The largest absolute Gasteiger partial charge is 0.467 e. The topological polar surface area (TPSA) is 120 Å². The number of fused-ring (bicyclic) bond motifs is 1.